The van der Waals surface area contributed by atoms with Crippen molar-refractivity contribution in [1.29, 1.82) is 0 Å². The van der Waals surface area contributed by atoms with Gasteiger partial charge >= 0.3 is 0 Å². The van der Waals surface area contributed by atoms with E-state index in [1.807, 2.05) is 13.0 Å². The first-order valence-electron chi connectivity index (χ1n) is 7.66. The van der Waals surface area contributed by atoms with E-state index >= 15 is 0 Å². The second-order valence-electron chi connectivity index (χ2n) is 6.41. The zero-order chi connectivity index (χ0) is 14.8. The van der Waals surface area contributed by atoms with Crippen LogP contribution < -0.4 is 5.73 Å². The highest BCUT2D eigenvalue weighted by atomic mass is 19.1. The molecule has 1 aliphatic carbocycles. The first-order valence-corrected chi connectivity index (χ1v) is 7.66. The van der Waals surface area contributed by atoms with Crippen LogP contribution in [0, 0.1) is 17.2 Å². The molecule has 0 aromatic heterocycles. The van der Waals surface area contributed by atoms with E-state index in [1.165, 1.54) is 18.6 Å². The predicted molar refractivity (Wildman–Crippen MR) is 79.7 cm³/mol. The Morgan fingerprint density at radius 3 is 2.80 bits per heavy atom. The fraction of sp³-hybridized carbons (Fsp3) is 0.647. The second-order valence-corrected chi connectivity index (χ2v) is 6.41. The fourth-order valence-corrected chi connectivity index (χ4v) is 4.02. The van der Waals surface area contributed by atoms with Crippen molar-refractivity contribution in [2.45, 2.75) is 51.6 Å². The van der Waals surface area contributed by atoms with Gasteiger partial charge < -0.3 is 10.8 Å². The lowest BCUT2D eigenvalue weighted by Gasteiger charge is -2.51. The maximum absolute atomic E-state index is 13.6. The minimum Gasteiger partial charge on any atom is -0.385 e. The molecule has 1 aromatic rings. The van der Waals surface area contributed by atoms with E-state index in [2.05, 4.69) is 6.92 Å². The first kappa shape index (κ1) is 15.5. The van der Waals surface area contributed by atoms with Gasteiger partial charge in [0.2, 0.25) is 0 Å². The van der Waals surface area contributed by atoms with Crippen LogP contribution in [0.2, 0.25) is 0 Å². The third-order valence-corrected chi connectivity index (χ3v) is 5.17. The van der Waals surface area contributed by atoms with Crippen LogP contribution in [0.25, 0.3) is 0 Å². The molecule has 112 valence electrons. The maximum Gasteiger partial charge on any atom is 0.123 e. The lowest BCUT2D eigenvalue weighted by molar-refractivity contribution is -0.117. The molecule has 3 unspecified atom stereocenters. The summed E-state index contributed by atoms with van der Waals surface area (Å²) < 4.78 is 13.6. The predicted octanol–water partition coefficient (Wildman–Crippen LogP) is 3.58. The van der Waals surface area contributed by atoms with E-state index < -0.39 is 5.60 Å². The number of hydrogen-bond donors (Lipinski definition) is 2. The van der Waals surface area contributed by atoms with Crippen LogP contribution in [-0.2, 0) is 5.60 Å². The highest BCUT2D eigenvalue weighted by Crippen LogP contribution is 2.52. The van der Waals surface area contributed by atoms with E-state index in [9.17, 15) is 9.50 Å². The lowest BCUT2D eigenvalue weighted by atomic mass is 9.58. The van der Waals surface area contributed by atoms with Crippen molar-refractivity contribution in [3.8, 4) is 0 Å². The van der Waals surface area contributed by atoms with Gasteiger partial charge in [0.1, 0.15) is 5.82 Å². The van der Waals surface area contributed by atoms with E-state index in [-0.39, 0.29) is 11.2 Å². The molecule has 0 aliphatic heterocycles. The fourth-order valence-electron chi connectivity index (χ4n) is 4.02. The summed E-state index contributed by atoms with van der Waals surface area (Å²) in [6.45, 7) is 4.62. The molecular formula is C17H26FNO. The number of rotatable bonds is 4. The Morgan fingerprint density at radius 2 is 2.25 bits per heavy atom. The van der Waals surface area contributed by atoms with Gasteiger partial charge in [-0.25, -0.2) is 4.39 Å². The van der Waals surface area contributed by atoms with Gasteiger partial charge in [0.15, 0.2) is 0 Å². The molecule has 1 aromatic carbocycles. The molecule has 1 saturated carbocycles. The van der Waals surface area contributed by atoms with Gasteiger partial charge in [0, 0.05) is 12.0 Å². The maximum atomic E-state index is 13.6. The summed E-state index contributed by atoms with van der Waals surface area (Å²) in [4.78, 5) is 0. The third kappa shape index (κ3) is 2.49. The molecular weight excluding hydrogens is 253 g/mol. The number of benzene rings is 1. The highest BCUT2D eigenvalue weighted by molar-refractivity contribution is 5.27. The number of nitrogens with two attached hydrogens (primary N) is 1. The van der Waals surface area contributed by atoms with Crippen LogP contribution in [0.15, 0.2) is 24.3 Å². The summed E-state index contributed by atoms with van der Waals surface area (Å²) in [5, 5.41) is 11.4. The van der Waals surface area contributed by atoms with Gasteiger partial charge in [-0.05, 0) is 42.9 Å². The van der Waals surface area contributed by atoms with Crippen LogP contribution in [0.1, 0.15) is 51.5 Å². The molecule has 1 fully saturated rings. The van der Waals surface area contributed by atoms with E-state index in [1.54, 1.807) is 6.07 Å². The first-order chi connectivity index (χ1) is 9.47. The van der Waals surface area contributed by atoms with Crippen LogP contribution in [0.3, 0.4) is 0 Å². The number of hydrogen-bond acceptors (Lipinski definition) is 2. The van der Waals surface area contributed by atoms with Gasteiger partial charge in [0.25, 0.3) is 0 Å². The van der Waals surface area contributed by atoms with Crippen LogP contribution in [-0.4, -0.2) is 11.7 Å². The molecule has 0 amide bonds. The summed E-state index contributed by atoms with van der Waals surface area (Å²) in [5.41, 5.74) is 5.37. The Morgan fingerprint density at radius 1 is 1.50 bits per heavy atom. The summed E-state index contributed by atoms with van der Waals surface area (Å²) in [6.07, 6.45) is 4.64. The van der Waals surface area contributed by atoms with Crippen molar-refractivity contribution in [2.24, 2.45) is 17.1 Å². The molecule has 20 heavy (non-hydrogen) atoms. The lowest BCUT2D eigenvalue weighted by Crippen LogP contribution is -2.52. The quantitative estimate of drug-likeness (QED) is 0.885. The van der Waals surface area contributed by atoms with Gasteiger partial charge in [-0.3, -0.25) is 0 Å². The second kappa shape index (κ2) is 5.82. The zero-order valence-corrected chi connectivity index (χ0v) is 12.5. The highest BCUT2D eigenvalue weighted by Gasteiger charge is 2.50. The monoisotopic (exact) mass is 279 g/mol. The Bertz CT molecular complexity index is 464. The Balaban J connectivity index is 2.47. The van der Waals surface area contributed by atoms with Crippen molar-refractivity contribution in [1.82, 2.24) is 0 Å². The van der Waals surface area contributed by atoms with E-state index in [0.29, 0.717) is 24.4 Å². The minimum absolute atomic E-state index is 0.301. The van der Waals surface area contributed by atoms with Gasteiger partial charge in [-0.15, -0.1) is 0 Å². The van der Waals surface area contributed by atoms with Crippen LogP contribution in [0.4, 0.5) is 4.39 Å². The Hall–Kier alpha value is -0.930. The number of aliphatic hydroxyl groups is 1. The molecule has 0 radical (unpaired) electrons. The van der Waals surface area contributed by atoms with Crippen molar-refractivity contribution in [3.05, 3.63) is 35.6 Å². The normalized spacial score (nSPS) is 29.9. The van der Waals surface area contributed by atoms with Crippen molar-refractivity contribution in [2.75, 3.05) is 6.54 Å². The van der Waals surface area contributed by atoms with Crippen molar-refractivity contribution < 1.29 is 9.50 Å². The average molecular weight is 279 g/mol. The van der Waals surface area contributed by atoms with Crippen LogP contribution in [0.5, 0.6) is 0 Å². The summed E-state index contributed by atoms with van der Waals surface area (Å²) in [6, 6.07) is 6.36. The Labute approximate surface area is 121 Å². The average Bonchev–Trinajstić information content (AvgIpc) is 2.46. The summed E-state index contributed by atoms with van der Waals surface area (Å²) in [7, 11) is 0. The zero-order valence-electron chi connectivity index (χ0n) is 12.5. The molecule has 2 nitrogen and oxygen atoms in total. The van der Waals surface area contributed by atoms with E-state index in [4.69, 9.17) is 5.73 Å². The molecule has 1 aliphatic rings. The molecule has 0 bridgehead atoms. The summed E-state index contributed by atoms with van der Waals surface area (Å²) >= 11 is 0. The molecule has 3 atom stereocenters. The Kier molecular flexibility index (Phi) is 4.50. The number of halogens is 1. The molecule has 0 spiro atoms. The van der Waals surface area contributed by atoms with Crippen molar-refractivity contribution >= 4 is 0 Å². The van der Waals surface area contributed by atoms with E-state index in [0.717, 1.165) is 19.3 Å². The molecule has 3 N–H and O–H groups in total. The molecule has 3 heteroatoms. The third-order valence-electron chi connectivity index (χ3n) is 5.17. The minimum atomic E-state index is -1.04. The van der Waals surface area contributed by atoms with Gasteiger partial charge in [-0.1, -0.05) is 38.8 Å². The molecule has 2 rings (SSSR count). The largest absolute Gasteiger partial charge is 0.385 e. The standard InChI is InChI=1S/C17H26FNO/c1-3-17(20,14-7-4-8-15(18)10-14)16(12-19)9-5-6-13(2)11-16/h4,7-8,10,13,20H,3,5-6,9,11-12,19H2,1-2H3. The van der Waals surface area contributed by atoms with Gasteiger partial charge in [0.05, 0.1) is 5.60 Å². The SMILES string of the molecule is CCC(O)(c1cccc(F)c1)C1(CN)CCCC(C)C1. The van der Waals surface area contributed by atoms with Gasteiger partial charge in [-0.2, -0.15) is 0 Å². The molecule has 0 saturated heterocycles. The smallest absolute Gasteiger partial charge is 0.123 e. The summed E-state index contributed by atoms with van der Waals surface area (Å²) in [5.74, 6) is 0.254. The molecule has 0 heterocycles. The topological polar surface area (TPSA) is 46.2 Å². The van der Waals surface area contributed by atoms with Crippen LogP contribution >= 0.6 is 0 Å². The van der Waals surface area contributed by atoms with Crippen molar-refractivity contribution in [3.63, 3.8) is 0 Å².